The summed E-state index contributed by atoms with van der Waals surface area (Å²) in [4.78, 5) is 17.8. The van der Waals surface area contributed by atoms with E-state index in [1.807, 2.05) is 36.5 Å². The number of nitrogens with zero attached hydrogens (tertiary/aromatic N) is 5. The zero-order valence-corrected chi connectivity index (χ0v) is 14.9. The molecule has 1 fully saturated rings. The molecule has 1 aliphatic rings. The molecule has 138 valence electrons. The summed E-state index contributed by atoms with van der Waals surface area (Å²) in [6.45, 7) is 3.85. The Labute approximate surface area is 157 Å². The van der Waals surface area contributed by atoms with Crippen molar-refractivity contribution in [2.45, 2.75) is 6.54 Å². The fourth-order valence-electron chi connectivity index (χ4n) is 3.13. The summed E-state index contributed by atoms with van der Waals surface area (Å²) in [5.74, 6) is 2.16. The number of benzene rings is 1. The average molecular weight is 364 g/mol. The first kappa shape index (κ1) is 17.2. The van der Waals surface area contributed by atoms with E-state index in [0.717, 1.165) is 37.8 Å². The Morgan fingerprint density at radius 2 is 1.56 bits per heavy atom. The van der Waals surface area contributed by atoms with E-state index in [-0.39, 0.29) is 5.82 Å². The van der Waals surface area contributed by atoms with Crippen LogP contribution in [0.4, 0.5) is 22.0 Å². The Hall–Kier alpha value is -3.22. The smallest absolute Gasteiger partial charge is 0.224 e. The van der Waals surface area contributed by atoms with Gasteiger partial charge in [0.05, 0.1) is 0 Å². The molecule has 0 saturated carbocycles. The highest BCUT2D eigenvalue weighted by molar-refractivity contribution is 5.46. The molecule has 6 nitrogen and oxygen atoms in total. The molecule has 1 aromatic carbocycles. The van der Waals surface area contributed by atoms with Gasteiger partial charge in [-0.25, -0.2) is 14.4 Å². The van der Waals surface area contributed by atoms with Crippen molar-refractivity contribution in [1.29, 1.82) is 0 Å². The lowest BCUT2D eigenvalue weighted by atomic mass is 10.2. The lowest BCUT2D eigenvalue weighted by Crippen LogP contribution is -2.47. The van der Waals surface area contributed by atoms with Crippen molar-refractivity contribution in [3.05, 3.63) is 72.3 Å². The molecule has 7 heteroatoms. The Morgan fingerprint density at radius 1 is 0.815 bits per heavy atom. The maximum atomic E-state index is 13.7. The van der Waals surface area contributed by atoms with Crippen LogP contribution >= 0.6 is 0 Å². The summed E-state index contributed by atoms with van der Waals surface area (Å²) in [5.41, 5.74) is 0.593. The average Bonchev–Trinajstić information content (AvgIpc) is 2.74. The zero-order valence-electron chi connectivity index (χ0n) is 14.9. The second-order valence-corrected chi connectivity index (χ2v) is 6.35. The molecule has 1 saturated heterocycles. The van der Waals surface area contributed by atoms with Crippen LogP contribution in [-0.2, 0) is 6.54 Å². The third-order valence-corrected chi connectivity index (χ3v) is 4.61. The van der Waals surface area contributed by atoms with Gasteiger partial charge < -0.3 is 15.1 Å². The number of rotatable bonds is 5. The first-order chi connectivity index (χ1) is 13.3. The maximum absolute atomic E-state index is 13.7. The number of anilines is 3. The molecule has 1 aliphatic heterocycles. The van der Waals surface area contributed by atoms with E-state index in [1.165, 1.54) is 6.07 Å². The molecule has 3 heterocycles. The minimum atomic E-state index is -0.230. The Morgan fingerprint density at radius 3 is 2.30 bits per heavy atom. The van der Waals surface area contributed by atoms with E-state index in [4.69, 9.17) is 0 Å². The van der Waals surface area contributed by atoms with E-state index in [1.54, 1.807) is 18.3 Å². The summed E-state index contributed by atoms with van der Waals surface area (Å²) >= 11 is 0. The van der Waals surface area contributed by atoms with Gasteiger partial charge in [0.1, 0.15) is 17.5 Å². The standard InChI is InChI=1S/C20H21FN6/c21-17-6-2-1-5-16(17)15-24-20-23-10-8-19(25-20)27-13-11-26(12-14-27)18-7-3-4-9-22-18/h1-10H,11-15H2,(H,23,24,25). The molecule has 4 rings (SSSR count). The van der Waals surface area contributed by atoms with Crippen LogP contribution in [0.1, 0.15) is 5.56 Å². The molecular formula is C20H21FN6. The molecule has 0 bridgehead atoms. The number of halogens is 1. The summed E-state index contributed by atoms with van der Waals surface area (Å²) in [6, 6.07) is 14.6. The Kier molecular flexibility index (Phi) is 5.09. The van der Waals surface area contributed by atoms with E-state index in [9.17, 15) is 4.39 Å². The number of aromatic nitrogens is 3. The molecule has 0 aliphatic carbocycles. The van der Waals surface area contributed by atoms with Crippen molar-refractivity contribution >= 4 is 17.6 Å². The predicted molar refractivity (Wildman–Crippen MR) is 104 cm³/mol. The minimum absolute atomic E-state index is 0.230. The highest BCUT2D eigenvalue weighted by Crippen LogP contribution is 2.18. The highest BCUT2D eigenvalue weighted by atomic mass is 19.1. The molecule has 0 unspecified atom stereocenters. The number of hydrogen-bond donors (Lipinski definition) is 1. The fraction of sp³-hybridized carbons (Fsp3) is 0.250. The van der Waals surface area contributed by atoms with Crippen LogP contribution in [-0.4, -0.2) is 41.1 Å². The van der Waals surface area contributed by atoms with Gasteiger partial charge in [-0.3, -0.25) is 0 Å². The quantitative estimate of drug-likeness (QED) is 0.751. The molecule has 2 aromatic heterocycles. The van der Waals surface area contributed by atoms with Gasteiger partial charge in [0.25, 0.3) is 0 Å². The molecule has 3 aromatic rings. The third-order valence-electron chi connectivity index (χ3n) is 4.61. The second-order valence-electron chi connectivity index (χ2n) is 6.35. The molecular weight excluding hydrogens is 343 g/mol. The van der Waals surface area contributed by atoms with E-state index in [2.05, 4.69) is 30.1 Å². The van der Waals surface area contributed by atoms with Crippen molar-refractivity contribution in [2.24, 2.45) is 0 Å². The molecule has 0 atom stereocenters. The van der Waals surface area contributed by atoms with Crippen LogP contribution in [0.25, 0.3) is 0 Å². The lowest BCUT2D eigenvalue weighted by molar-refractivity contribution is 0.612. The second kappa shape index (κ2) is 7.99. The Balaban J connectivity index is 1.37. The first-order valence-corrected chi connectivity index (χ1v) is 9.01. The van der Waals surface area contributed by atoms with Crippen LogP contribution in [0.15, 0.2) is 60.9 Å². The number of piperazine rings is 1. The SMILES string of the molecule is Fc1ccccc1CNc1nccc(N2CCN(c3ccccn3)CC2)n1. The van der Waals surface area contributed by atoms with Crippen LogP contribution < -0.4 is 15.1 Å². The van der Waals surface area contributed by atoms with E-state index >= 15 is 0 Å². The molecule has 27 heavy (non-hydrogen) atoms. The first-order valence-electron chi connectivity index (χ1n) is 9.01. The van der Waals surface area contributed by atoms with Crippen molar-refractivity contribution in [2.75, 3.05) is 41.3 Å². The van der Waals surface area contributed by atoms with Gasteiger partial charge in [0, 0.05) is 50.7 Å². The van der Waals surface area contributed by atoms with Gasteiger partial charge in [0.15, 0.2) is 0 Å². The van der Waals surface area contributed by atoms with Gasteiger partial charge in [0.2, 0.25) is 5.95 Å². The normalized spacial score (nSPS) is 14.3. The molecule has 0 amide bonds. The highest BCUT2D eigenvalue weighted by Gasteiger charge is 2.19. The fourth-order valence-corrected chi connectivity index (χ4v) is 3.13. The van der Waals surface area contributed by atoms with E-state index in [0.29, 0.717) is 18.1 Å². The van der Waals surface area contributed by atoms with Crippen LogP contribution in [0, 0.1) is 5.82 Å². The molecule has 0 radical (unpaired) electrons. The molecule has 0 spiro atoms. The summed E-state index contributed by atoms with van der Waals surface area (Å²) in [5, 5.41) is 3.11. The van der Waals surface area contributed by atoms with Gasteiger partial charge in [-0.05, 0) is 24.3 Å². The van der Waals surface area contributed by atoms with Crippen molar-refractivity contribution in [3.63, 3.8) is 0 Å². The summed E-state index contributed by atoms with van der Waals surface area (Å²) in [6.07, 6.45) is 3.55. The molecule has 1 N–H and O–H groups in total. The van der Waals surface area contributed by atoms with E-state index < -0.39 is 0 Å². The predicted octanol–water partition coefficient (Wildman–Crippen LogP) is 2.95. The lowest BCUT2D eigenvalue weighted by Gasteiger charge is -2.36. The van der Waals surface area contributed by atoms with Crippen LogP contribution in [0.2, 0.25) is 0 Å². The van der Waals surface area contributed by atoms with Gasteiger partial charge in [-0.1, -0.05) is 24.3 Å². The topological polar surface area (TPSA) is 57.2 Å². The van der Waals surface area contributed by atoms with Gasteiger partial charge in [-0.15, -0.1) is 0 Å². The Bertz CT molecular complexity index is 880. The number of hydrogen-bond acceptors (Lipinski definition) is 6. The van der Waals surface area contributed by atoms with Crippen molar-refractivity contribution < 1.29 is 4.39 Å². The number of pyridine rings is 1. The maximum Gasteiger partial charge on any atom is 0.224 e. The summed E-state index contributed by atoms with van der Waals surface area (Å²) in [7, 11) is 0. The van der Waals surface area contributed by atoms with Gasteiger partial charge >= 0.3 is 0 Å². The largest absolute Gasteiger partial charge is 0.353 e. The zero-order chi connectivity index (χ0) is 18.5. The monoisotopic (exact) mass is 364 g/mol. The minimum Gasteiger partial charge on any atom is -0.353 e. The summed E-state index contributed by atoms with van der Waals surface area (Å²) < 4.78 is 13.7. The van der Waals surface area contributed by atoms with Gasteiger partial charge in [-0.2, -0.15) is 4.98 Å². The third kappa shape index (κ3) is 4.13. The van der Waals surface area contributed by atoms with Crippen LogP contribution in [0.3, 0.4) is 0 Å². The number of nitrogens with one attached hydrogen (secondary N) is 1. The van der Waals surface area contributed by atoms with Crippen molar-refractivity contribution in [1.82, 2.24) is 15.0 Å². The van der Waals surface area contributed by atoms with Crippen molar-refractivity contribution in [3.8, 4) is 0 Å². The van der Waals surface area contributed by atoms with Crippen LogP contribution in [0.5, 0.6) is 0 Å².